The average molecular weight is 397 g/mol. The first-order valence-electron chi connectivity index (χ1n) is 10.3. The van der Waals surface area contributed by atoms with Crippen LogP contribution in [0, 0.1) is 51.2 Å². The topological polar surface area (TPSA) is 118 Å². The molecule has 6 nitrogen and oxygen atoms in total. The second-order valence-corrected chi connectivity index (χ2v) is 8.44. The van der Waals surface area contributed by atoms with Crippen LogP contribution in [0.1, 0.15) is 38.7 Å². The first-order chi connectivity index (χ1) is 14.4. The fourth-order valence-electron chi connectivity index (χ4n) is 5.58. The molecule has 30 heavy (non-hydrogen) atoms. The van der Waals surface area contributed by atoms with Gasteiger partial charge in [-0.3, -0.25) is 4.79 Å². The van der Waals surface area contributed by atoms with Gasteiger partial charge in [0.1, 0.15) is 5.41 Å². The molecule has 2 N–H and O–H groups in total. The third kappa shape index (κ3) is 2.13. The van der Waals surface area contributed by atoms with E-state index in [4.69, 9.17) is 5.73 Å². The van der Waals surface area contributed by atoms with Gasteiger partial charge in [-0.15, -0.1) is 0 Å². The number of nitrogens with two attached hydrogens (primary N) is 1. The van der Waals surface area contributed by atoms with Crippen molar-refractivity contribution in [1.29, 1.82) is 15.8 Å². The van der Waals surface area contributed by atoms with E-state index in [-0.39, 0.29) is 23.1 Å². The van der Waals surface area contributed by atoms with E-state index >= 15 is 0 Å². The largest absolute Gasteiger partial charge is 0.399 e. The second kappa shape index (κ2) is 6.75. The van der Waals surface area contributed by atoms with Crippen molar-refractivity contribution in [3.05, 3.63) is 52.7 Å². The smallest absolute Gasteiger partial charge is 0.243 e. The van der Waals surface area contributed by atoms with Crippen LogP contribution in [-0.2, 0) is 10.2 Å². The number of benzene rings is 1. The summed E-state index contributed by atoms with van der Waals surface area (Å²) in [6, 6.07) is 13.9. The number of hydrogen-bond donors (Lipinski definition) is 1. The van der Waals surface area contributed by atoms with Crippen molar-refractivity contribution >= 4 is 11.6 Å². The molecule has 3 atom stereocenters. The molecule has 1 spiro atoms. The monoisotopic (exact) mass is 397 g/mol. The predicted molar refractivity (Wildman–Crippen MR) is 111 cm³/mol. The molecule has 150 valence electrons. The van der Waals surface area contributed by atoms with Gasteiger partial charge in [0.05, 0.1) is 29.5 Å². The van der Waals surface area contributed by atoms with E-state index < -0.39 is 16.7 Å². The summed E-state index contributed by atoms with van der Waals surface area (Å²) in [4.78, 5) is 15.8. The van der Waals surface area contributed by atoms with Gasteiger partial charge >= 0.3 is 0 Å². The number of carbonyl (C=O) groups is 1. The quantitative estimate of drug-likeness (QED) is 0.767. The number of fused-ring (bicyclic) bond motifs is 4. The molecule has 3 aliphatic rings. The first kappa shape index (κ1) is 19.7. The standard InChI is InChI=1S/C24H23N5O/c1-3-10-29-20-7-5-4-6-17(20)24(22(29)30)18-11-15(2)8-9-16(18)23(13-26,14-27)21(28)19(24)12-25/h4-7,9,15,18H,3,8,10-11,28H2,1-2H3/t15-,18-,24+/m1/s1. The number of allylic oxidation sites excluding steroid dienone is 2. The fourth-order valence-corrected chi connectivity index (χ4v) is 5.58. The highest BCUT2D eigenvalue weighted by Crippen LogP contribution is 2.62. The Kier molecular flexibility index (Phi) is 4.44. The first-order valence-corrected chi connectivity index (χ1v) is 10.3. The van der Waals surface area contributed by atoms with Gasteiger partial charge in [0.15, 0.2) is 0 Å². The van der Waals surface area contributed by atoms with Crippen molar-refractivity contribution in [1.82, 2.24) is 0 Å². The normalized spacial score (nSPS) is 28.8. The molecule has 0 saturated carbocycles. The summed E-state index contributed by atoms with van der Waals surface area (Å²) in [5.74, 6) is -0.386. The Morgan fingerprint density at radius 1 is 1.23 bits per heavy atom. The van der Waals surface area contributed by atoms with Crippen LogP contribution in [0.5, 0.6) is 0 Å². The summed E-state index contributed by atoms with van der Waals surface area (Å²) in [6.07, 6.45) is 3.99. The number of hydrogen-bond acceptors (Lipinski definition) is 5. The van der Waals surface area contributed by atoms with Gasteiger partial charge < -0.3 is 10.6 Å². The molecular formula is C24H23N5O. The number of nitriles is 3. The molecule has 1 amide bonds. The predicted octanol–water partition coefficient (Wildman–Crippen LogP) is 3.44. The highest BCUT2D eigenvalue weighted by molar-refractivity contribution is 6.12. The van der Waals surface area contributed by atoms with E-state index in [1.807, 2.05) is 37.3 Å². The molecule has 1 aromatic rings. The minimum Gasteiger partial charge on any atom is -0.399 e. The van der Waals surface area contributed by atoms with Gasteiger partial charge in [-0.1, -0.05) is 38.1 Å². The van der Waals surface area contributed by atoms with Crippen LogP contribution in [0.15, 0.2) is 47.2 Å². The third-order valence-electron chi connectivity index (χ3n) is 6.87. The Morgan fingerprint density at radius 2 is 1.93 bits per heavy atom. The molecule has 0 saturated heterocycles. The Labute approximate surface area is 176 Å². The zero-order valence-electron chi connectivity index (χ0n) is 17.1. The maximum Gasteiger partial charge on any atom is 0.243 e. The van der Waals surface area contributed by atoms with Gasteiger partial charge in [0.2, 0.25) is 11.3 Å². The second-order valence-electron chi connectivity index (χ2n) is 8.44. The fraction of sp³-hybridized carbons (Fsp3) is 0.417. The van der Waals surface area contributed by atoms with Gasteiger partial charge in [0.25, 0.3) is 0 Å². The summed E-state index contributed by atoms with van der Waals surface area (Å²) in [5, 5.41) is 30.3. The zero-order valence-corrected chi connectivity index (χ0v) is 17.1. The highest BCUT2D eigenvalue weighted by atomic mass is 16.2. The summed E-state index contributed by atoms with van der Waals surface area (Å²) in [7, 11) is 0. The van der Waals surface area contributed by atoms with Crippen molar-refractivity contribution in [2.24, 2.45) is 23.0 Å². The van der Waals surface area contributed by atoms with Crippen LogP contribution >= 0.6 is 0 Å². The molecule has 1 aromatic carbocycles. The lowest BCUT2D eigenvalue weighted by molar-refractivity contribution is -0.123. The zero-order chi connectivity index (χ0) is 21.7. The van der Waals surface area contributed by atoms with Gasteiger partial charge in [-0.25, -0.2) is 0 Å². The summed E-state index contributed by atoms with van der Waals surface area (Å²) in [6.45, 7) is 4.62. The molecule has 4 rings (SSSR count). The Bertz CT molecular complexity index is 1110. The molecule has 0 aromatic heterocycles. The van der Waals surface area contributed by atoms with Gasteiger partial charge in [-0.05, 0) is 42.4 Å². The summed E-state index contributed by atoms with van der Waals surface area (Å²) < 4.78 is 0. The number of para-hydroxylation sites is 1. The molecule has 1 heterocycles. The minimum atomic E-state index is -1.71. The van der Waals surface area contributed by atoms with E-state index in [0.29, 0.717) is 25.0 Å². The molecular weight excluding hydrogens is 374 g/mol. The van der Waals surface area contributed by atoms with Crippen molar-refractivity contribution in [3.8, 4) is 18.2 Å². The molecule has 0 unspecified atom stereocenters. The lowest BCUT2D eigenvalue weighted by atomic mass is 9.50. The van der Waals surface area contributed by atoms with E-state index in [9.17, 15) is 20.6 Å². The SMILES string of the molecule is CCCN1C(=O)[C@@]2(C(C#N)=C(N)C(C#N)(C#N)C3=CC[C@@H](C)C[C@H]32)c2ccccc21. The van der Waals surface area contributed by atoms with Gasteiger partial charge in [0, 0.05) is 18.2 Å². The Hall–Kier alpha value is -3.56. The van der Waals surface area contributed by atoms with E-state index in [2.05, 4.69) is 25.1 Å². The minimum absolute atomic E-state index is 0.0536. The Morgan fingerprint density at radius 3 is 2.57 bits per heavy atom. The number of anilines is 1. The van der Waals surface area contributed by atoms with Gasteiger partial charge in [-0.2, -0.15) is 15.8 Å². The highest BCUT2D eigenvalue weighted by Gasteiger charge is 2.66. The van der Waals surface area contributed by atoms with Crippen LogP contribution < -0.4 is 10.6 Å². The third-order valence-corrected chi connectivity index (χ3v) is 6.87. The van der Waals surface area contributed by atoms with Crippen molar-refractivity contribution in [2.75, 3.05) is 11.4 Å². The number of amides is 1. The lowest BCUT2D eigenvalue weighted by Gasteiger charge is -2.48. The van der Waals surface area contributed by atoms with Crippen LogP contribution in [0.25, 0.3) is 0 Å². The van der Waals surface area contributed by atoms with Crippen LogP contribution in [0.2, 0.25) is 0 Å². The van der Waals surface area contributed by atoms with Crippen molar-refractivity contribution < 1.29 is 4.79 Å². The maximum atomic E-state index is 14.1. The van der Waals surface area contributed by atoms with E-state index in [1.54, 1.807) is 4.90 Å². The summed E-state index contributed by atoms with van der Waals surface area (Å²) >= 11 is 0. The van der Waals surface area contributed by atoms with Crippen LogP contribution in [0.3, 0.4) is 0 Å². The molecule has 1 aliphatic heterocycles. The van der Waals surface area contributed by atoms with E-state index in [1.165, 1.54) is 0 Å². The molecule has 6 heteroatoms. The maximum absolute atomic E-state index is 14.1. The van der Waals surface area contributed by atoms with Crippen LogP contribution in [-0.4, -0.2) is 12.5 Å². The number of rotatable bonds is 2. The Balaban J connectivity index is 2.16. The number of nitrogens with zero attached hydrogens (tertiary/aromatic N) is 4. The van der Waals surface area contributed by atoms with E-state index in [0.717, 1.165) is 17.7 Å². The van der Waals surface area contributed by atoms with Crippen LogP contribution in [0.4, 0.5) is 5.69 Å². The molecule has 0 fully saturated rings. The summed E-state index contributed by atoms with van der Waals surface area (Å²) in [5.41, 5.74) is 5.47. The molecule has 0 radical (unpaired) electrons. The van der Waals surface area contributed by atoms with Crippen molar-refractivity contribution in [2.45, 2.75) is 38.5 Å². The average Bonchev–Trinajstić information content (AvgIpc) is 3.00. The number of carbonyl (C=O) groups excluding carboxylic acids is 1. The molecule has 0 bridgehead atoms. The lowest BCUT2D eigenvalue weighted by Crippen LogP contribution is -2.55. The molecule has 2 aliphatic carbocycles. The van der Waals surface area contributed by atoms with Crippen molar-refractivity contribution in [3.63, 3.8) is 0 Å².